The van der Waals surface area contributed by atoms with Crippen molar-refractivity contribution in [1.82, 2.24) is 0 Å². The van der Waals surface area contributed by atoms with Crippen molar-refractivity contribution in [2.75, 3.05) is 22.7 Å². The van der Waals surface area contributed by atoms with Crippen LogP contribution in [0.25, 0.3) is 0 Å². The van der Waals surface area contributed by atoms with Gasteiger partial charge in [0.15, 0.2) is 0 Å². The van der Waals surface area contributed by atoms with Crippen LogP contribution in [0.2, 0.25) is 0 Å². The Bertz CT molecular complexity index is 249. The molecule has 2 unspecified atom stereocenters. The van der Waals surface area contributed by atoms with E-state index in [-0.39, 0.29) is 10.7 Å². The Morgan fingerprint density at radius 3 is 1.56 bits per heavy atom. The number of carbonyl (C=O) groups excluding carboxylic acids is 2. The number of thioether (sulfide) groups is 4. The monoisotopic (exact) mass is 296 g/mol. The van der Waals surface area contributed by atoms with E-state index in [0.29, 0.717) is 0 Å². The summed E-state index contributed by atoms with van der Waals surface area (Å²) in [5.41, 5.74) is 0. The first-order chi connectivity index (χ1) is 7.79. The maximum absolute atomic E-state index is 10.3. The van der Waals surface area contributed by atoms with Gasteiger partial charge in [0.05, 0.1) is 0 Å². The molecule has 4 nitrogen and oxygen atoms in total. The molecule has 0 bridgehead atoms. The van der Waals surface area contributed by atoms with Gasteiger partial charge in [-0.2, -0.15) is 33.5 Å². The van der Waals surface area contributed by atoms with E-state index >= 15 is 0 Å². The van der Waals surface area contributed by atoms with Crippen LogP contribution in [0.3, 0.4) is 0 Å². The van der Waals surface area contributed by atoms with Gasteiger partial charge in [-0.25, -0.2) is 9.59 Å². The molecule has 0 aromatic rings. The van der Waals surface area contributed by atoms with Crippen molar-refractivity contribution in [1.29, 1.82) is 0 Å². The first-order valence-corrected chi connectivity index (χ1v) is 9.03. The van der Waals surface area contributed by atoms with Crippen LogP contribution in [0.4, 0.5) is 0 Å². The summed E-state index contributed by atoms with van der Waals surface area (Å²) in [7, 11) is 0. The molecular formula is C8H12N2O2S4. The Hall–Kier alpha value is 0.160. The average Bonchev–Trinajstić information content (AvgIpc) is 2.30. The molecule has 0 aliphatic heterocycles. The largest absolute Gasteiger partial charge is 0.236 e. The molecule has 0 N–H and O–H groups in total. The van der Waals surface area contributed by atoms with Gasteiger partial charge in [0, 0.05) is 10.2 Å². The second-order valence-corrected chi connectivity index (χ2v) is 7.04. The van der Waals surface area contributed by atoms with E-state index in [0.717, 1.165) is 10.2 Å². The first-order valence-electron chi connectivity index (χ1n) is 4.15. The Kier molecular flexibility index (Phi) is 11.8. The van der Waals surface area contributed by atoms with E-state index in [4.69, 9.17) is 0 Å². The first kappa shape index (κ1) is 16.2. The smallest absolute Gasteiger partial charge is 0.211 e. The van der Waals surface area contributed by atoms with Gasteiger partial charge < -0.3 is 0 Å². The summed E-state index contributed by atoms with van der Waals surface area (Å²) in [5.74, 6) is 0. The van der Waals surface area contributed by atoms with Gasteiger partial charge in [0.25, 0.3) is 0 Å². The second kappa shape index (κ2) is 11.6. The van der Waals surface area contributed by atoms with Gasteiger partial charge in [-0.05, 0) is 12.5 Å². The van der Waals surface area contributed by atoms with Crippen LogP contribution in [0.5, 0.6) is 0 Å². The van der Waals surface area contributed by atoms with Crippen molar-refractivity contribution in [2.45, 2.75) is 10.7 Å². The van der Waals surface area contributed by atoms with E-state index in [1.807, 2.05) is 12.5 Å². The van der Waals surface area contributed by atoms with Gasteiger partial charge in [-0.1, -0.05) is 0 Å². The summed E-state index contributed by atoms with van der Waals surface area (Å²) in [6.07, 6.45) is 6.97. The standard InChI is InChI=1S/C8H12N2O2S4/c1-13-5-15-7(9-3-11)8(10-4-12)16-6-14-2/h7-8H,5-6H2,1-2H3. The summed E-state index contributed by atoms with van der Waals surface area (Å²) < 4.78 is 0. The molecule has 0 amide bonds. The normalized spacial score (nSPS) is 13.4. The van der Waals surface area contributed by atoms with Gasteiger partial charge in [-0.15, -0.1) is 23.5 Å². The van der Waals surface area contributed by atoms with Crippen molar-refractivity contribution in [3.8, 4) is 0 Å². The molecule has 0 aliphatic carbocycles. The van der Waals surface area contributed by atoms with Crippen molar-refractivity contribution < 1.29 is 9.59 Å². The van der Waals surface area contributed by atoms with Crippen LogP contribution in [0, 0.1) is 0 Å². The lowest BCUT2D eigenvalue weighted by Gasteiger charge is -2.15. The fraction of sp³-hybridized carbons (Fsp3) is 0.750. The van der Waals surface area contributed by atoms with Gasteiger partial charge in [-0.3, -0.25) is 0 Å². The molecule has 0 saturated heterocycles. The number of isocyanates is 2. The molecule has 0 aromatic carbocycles. The molecule has 2 atom stereocenters. The Labute approximate surface area is 112 Å². The van der Waals surface area contributed by atoms with E-state index < -0.39 is 0 Å². The topological polar surface area (TPSA) is 58.9 Å². The molecule has 16 heavy (non-hydrogen) atoms. The van der Waals surface area contributed by atoms with Crippen LogP contribution < -0.4 is 0 Å². The summed E-state index contributed by atoms with van der Waals surface area (Å²) >= 11 is 6.22. The molecule has 0 aliphatic rings. The molecule has 0 heterocycles. The Balaban J connectivity index is 4.50. The number of aliphatic imine (C=N–C) groups is 2. The molecule has 90 valence electrons. The summed E-state index contributed by atoms with van der Waals surface area (Å²) in [6.45, 7) is 0. The maximum atomic E-state index is 10.3. The highest BCUT2D eigenvalue weighted by molar-refractivity contribution is 8.18. The predicted molar refractivity (Wildman–Crippen MR) is 75.8 cm³/mol. The van der Waals surface area contributed by atoms with Crippen LogP contribution in [-0.2, 0) is 9.59 Å². The molecule has 0 saturated carbocycles. The third-order valence-corrected chi connectivity index (χ3v) is 5.87. The highest BCUT2D eigenvalue weighted by Gasteiger charge is 2.21. The van der Waals surface area contributed by atoms with E-state index in [1.54, 1.807) is 23.5 Å². The predicted octanol–water partition coefficient (Wildman–Crippen LogP) is 2.42. The lowest BCUT2D eigenvalue weighted by atomic mass is 10.6. The van der Waals surface area contributed by atoms with Crippen molar-refractivity contribution in [3.63, 3.8) is 0 Å². The lowest BCUT2D eigenvalue weighted by Crippen LogP contribution is -2.16. The lowest BCUT2D eigenvalue weighted by molar-refractivity contribution is 0.557. The quantitative estimate of drug-likeness (QED) is 0.370. The molecule has 0 radical (unpaired) electrons. The minimum Gasteiger partial charge on any atom is -0.211 e. The van der Waals surface area contributed by atoms with E-state index in [9.17, 15) is 9.59 Å². The molecule has 0 rings (SSSR count). The van der Waals surface area contributed by atoms with Crippen LogP contribution in [-0.4, -0.2) is 45.6 Å². The zero-order chi connectivity index (χ0) is 12.2. The van der Waals surface area contributed by atoms with Crippen molar-refractivity contribution in [2.24, 2.45) is 9.98 Å². The number of nitrogens with zero attached hydrogens (tertiary/aromatic N) is 2. The zero-order valence-corrected chi connectivity index (χ0v) is 12.2. The average molecular weight is 296 g/mol. The molecule has 0 aromatic heterocycles. The minimum atomic E-state index is -0.358. The highest BCUT2D eigenvalue weighted by atomic mass is 32.2. The third-order valence-electron chi connectivity index (χ3n) is 1.32. The zero-order valence-electron chi connectivity index (χ0n) is 8.91. The second-order valence-electron chi connectivity index (χ2n) is 2.37. The molecule has 0 fully saturated rings. The van der Waals surface area contributed by atoms with Crippen molar-refractivity contribution >= 4 is 59.2 Å². The van der Waals surface area contributed by atoms with E-state index in [2.05, 4.69) is 9.98 Å². The molecule has 0 spiro atoms. The summed E-state index contributed by atoms with van der Waals surface area (Å²) in [4.78, 5) is 27.9. The van der Waals surface area contributed by atoms with Crippen LogP contribution >= 0.6 is 47.0 Å². The van der Waals surface area contributed by atoms with E-state index in [1.165, 1.54) is 35.7 Å². The summed E-state index contributed by atoms with van der Waals surface area (Å²) in [5, 5.41) is 0.869. The van der Waals surface area contributed by atoms with Gasteiger partial charge >= 0.3 is 0 Å². The fourth-order valence-electron chi connectivity index (χ4n) is 0.746. The number of rotatable bonds is 9. The molecule has 8 heteroatoms. The van der Waals surface area contributed by atoms with Gasteiger partial charge in [0.1, 0.15) is 10.7 Å². The molecular weight excluding hydrogens is 284 g/mol. The maximum Gasteiger partial charge on any atom is 0.236 e. The summed E-state index contributed by atoms with van der Waals surface area (Å²) in [6, 6.07) is 0. The SMILES string of the molecule is CSCSC(N=C=O)C(N=C=O)SCSC. The third kappa shape index (κ3) is 7.44. The van der Waals surface area contributed by atoms with Crippen molar-refractivity contribution in [3.05, 3.63) is 0 Å². The van der Waals surface area contributed by atoms with Gasteiger partial charge in [0.2, 0.25) is 12.2 Å². The fourth-order valence-corrected chi connectivity index (χ4v) is 4.11. The van der Waals surface area contributed by atoms with Crippen LogP contribution in [0.1, 0.15) is 0 Å². The van der Waals surface area contributed by atoms with Crippen LogP contribution in [0.15, 0.2) is 9.98 Å². The highest BCUT2D eigenvalue weighted by Crippen LogP contribution is 2.29. The number of hydrogen-bond donors (Lipinski definition) is 0. The Morgan fingerprint density at radius 1 is 0.938 bits per heavy atom. The minimum absolute atomic E-state index is 0.358. The number of hydrogen-bond acceptors (Lipinski definition) is 8. The Morgan fingerprint density at radius 2 is 1.31 bits per heavy atom.